The van der Waals surface area contributed by atoms with Crippen LogP contribution < -0.4 is 0 Å². The number of imidazole rings is 1. The van der Waals surface area contributed by atoms with Gasteiger partial charge in [0.1, 0.15) is 12.4 Å². The first-order valence-electron chi connectivity index (χ1n) is 8.06. The molecule has 0 amide bonds. The van der Waals surface area contributed by atoms with E-state index in [9.17, 15) is 5.11 Å². The Bertz CT molecular complexity index is 810. The Morgan fingerprint density at radius 2 is 1.96 bits per heavy atom. The van der Waals surface area contributed by atoms with Gasteiger partial charge in [0.25, 0.3) is 0 Å². The van der Waals surface area contributed by atoms with Crippen molar-refractivity contribution in [3.05, 3.63) is 59.9 Å². The molecule has 1 N–H and O–H groups in total. The van der Waals surface area contributed by atoms with Gasteiger partial charge in [0.05, 0.1) is 5.75 Å². The highest BCUT2D eigenvalue weighted by Crippen LogP contribution is 2.39. The topological polar surface area (TPSA) is 68.8 Å². The van der Waals surface area contributed by atoms with Crippen LogP contribution in [0.25, 0.3) is 0 Å². The average molecular weight is 341 g/mol. The molecule has 1 aliphatic rings. The Morgan fingerprint density at radius 1 is 1.12 bits per heavy atom. The van der Waals surface area contributed by atoms with E-state index in [1.807, 2.05) is 18.5 Å². The third kappa shape index (κ3) is 3.22. The van der Waals surface area contributed by atoms with E-state index in [0.717, 1.165) is 36.1 Å². The van der Waals surface area contributed by atoms with Crippen LogP contribution >= 0.6 is 11.8 Å². The summed E-state index contributed by atoms with van der Waals surface area (Å²) in [6, 6.07) is 10.8. The Hall–Kier alpha value is -2.12. The zero-order chi connectivity index (χ0) is 16.4. The van der Waals surface area contributed by atoms with Crippen molar-refractivity contribution in [2.75, 3.05) is 0 Å². The van der Waals surface area contributed by atoms with Gasteiger partial charge in [-0.25, -0.2) is 4.98 Å². The molecule has 1 fully saturated rings. The average Bonchev–Trinajstić information content (AvgIpc) is 3.22. The van der Waals surface area contributed by atoms with E-state index in [1.165, 1.54) is 5.56 Å². The van der Waals surface area contributed by atoms with Crippen LogP contribution in [0.4, 0.5) is 0 Å². The molecule has 2 aromatic heterocycles. The van der Waals surface area contributed by atoms with Crippen LogP contribution in [-0.4, -0.2) is 29.4 Å². The molecular formula is C17H19N5OS. The first kappa shape index (κ1) is 15.4. The maximum absolute atomic E-state index is 9.42. The SMILES string of the molecule is OCc1nnc(SCc2nccn2Cc2ccccc2)n1C1CC1. The number of nitrogens with zero attached hydrogens (tertiary/aromatic N) is 5. The van der Waals surface area contributed by atoms with Crippen LogP contribution in [0.3, 0.4) is 0 Å². The Kier molecular flexibility index (Phi) is 4.36. The summed E-state index contributed by atoms with van der Waals surface area (Å²) in [6.07, 6.45) is 6.12. The first-order chi connectivity index (χ1) is 11.8. The molecule has 2 heterocycles. The standard InChI is InChI=1S/C17H19N5OS/c23-11-15-19-20-17(22(15)14-6-7-14)24-12-16-18-8-9-21(16)10-13-4-2-1-3-5-13/h1-5,8-9,14,23H,6-7,10-12H2. The molecule has 4 rings (SSSR count). The second kappa shape index (κ2) is 6.78. The molecule has 0 unspecified atom stereocenters. The molecule has 0 radical (unpaired) electrons. The van der Waals surface area contributed by atoms with Crippen molar-refractivity contribution in [2.24, 2.45) is 0 Å². The number of rotatable bonds is 7. The molecule has 124 valence electrons. The summed E-state index contributed by atoms with van der Waals surface area (Å²) in [6.45, 7) is 0.751. The molecule has 1 aliphatic carbocycles. The summed E-state index contributed by atoms with van der Waals surface area (Å²) in [4.78, 5) is 4.48. The van der Waals surface area contributed by atoms with E-state index < -0.39 is 0 Å². The van der Waals surface area contributed by atoms with Crippen LogP contribution in [0.2, 0.25) is 0 Å². The predicted octanol–water partition coefficient (Wildman–Crippen LogP) is 2.64. The van der Waals surface area contributed by atoms with Gasteiger partial charge in [0.15, 0.2) is 11.0 Å². The van der Waals surface area contributed by atoms with Crippen LogP contribution in [0.5, 0.6) is 0 Å². The molecule has 1 aromatic carbocycles. The summed E-state index contributed by atoms with van der Waals surface area (Å²) in [5.41, 5.74) is 1.26. The minimum absolute atomic E-state index is 0.0628. The molecule has 0 spiro atoms. The summed E-state index contributed by atoms with van der Waals surface area (Å²) in [5, 5.41) is 18.6. The van der Waals surface area contributed by atoms with Crippen LogP contribution in [0, 0.1) is 0 Å². The second-order valence-corrected chi connectivity index (χ2v) is 6.85. The van der Waals surface area contributed by atoms with Gasteiger partial charge in [-0.15, -0.1) is 10.2 Å². The molecule has 0 atom stereocenters. The lowest BCUT2D eigenvalue weighted by Gasteiger charge is -2.09. The Balaban J connectivity index is 1.47. The highest BCUT2D eigenvalue weighted by molar-refractivity contribution is 7.98. The monoisotopic (exact) mass is 341 g/mol. The quantitative estimate of drug-likeness (QED) is 0.669. The van der Waals surface area contributed by atoms with Crippen LogP contribution in [-0.2, 0) is 18.9 Å². The summed E-state index contributed by atoms with van der Waals surface area (Å²) >= 11 is 1.63. The summed E-state index contributed by atoms with van der Waals surface area (Å²) in [7, 11) is 0. The van der Waals surface area contributed by atoms with E-state index in [4.69, 9.17) is 0 Å². The fourth-order valence-corrected chi connectivity index (χ4v) is 3.74. The van der Waals surface area contributed by atoms with E-state index in [0.29, 0.717) is 11.9 Å². The molecule has 0 saturated heterocycles. The lowest BCUT2D eigenvalue weighted by Crippen LogP contribution is -2.05. The highest BCUT2D eigenvalue weighted by Gasteiger charge is 2.29. The van der Waals surface area contributed by atoms with Gasteiger partial charge in [0.2, 0.25) is 0 Å². The number of thioether (sulfide) groups is 1. The molecule has 1 saturated carbocycles. The highest BCUT2D eigenvalue weighted by atomic mass is 32.2. The van der Waals surface area contributed by atoms with Crippen molar-refractivity contribution in [3.8, 4) is 0 Å². The zero-order valence-electron chi connectivity index (χ0n) is 13.2. The third-order valence-corrected chi connectivity index (χ3v) is 5.06. The van der Waals surface area contributed by atoms with E-state index in [2.05, 4.69) is 48.6 Å². The fourth-order valence-electron chi connectivity index (χ4n) is 2.75. The van der Waals surface area contributed by atoms with Gasteiger partial charge in [-0.1, -0.05) is 42.1 Å². The Labute approximate surface area is 144 Å². The number of hydrogen-bond acceptors (Lipinski definition) is 5. The van der Waals surface area contributed by atoms with E-state index in [1.54, 1.807) is 11.8 Å². The van der Waals surface area contributed by atoms with Crippen molar-refractivity contribution in [1.82, 2.24) is 24.3 Å². The number of aromatic nitrogens is 5. The van der Waals surface area contributed by atoms with E-state index in [-0.39, 0.29) is 6.61 Å². The maximum Gasteiger partial charge on any atom is 0.191 e. The van der Waals surface area contributed by atoms with Crippen molar-refractivity contribution in [2.45, 2.75) is 42.9 Å². The number of hydrogen-bond donors (Lipinski definition) is 1. The summed E-state index contributed by atoms with van der Waals surface area (Å²) < 4.78 is 4.24. The Morgan fingerprint density at radius 3 is 2.71 bits per heavy atom. The minimum atomic E-state index is -0.0628. The molecule has 0 bridgehead atoms. The first-order valence-corrected chi connectivity index (χ1v) is 9.05. The number of aliphatic hydroxyl groups is 1. The second-order valence-electron chi connectivity index (χ2n) is 5.90. The minimum Gasteiger partial charge on any atom is -0.388 e. The van der Waals surface area contributed by atoms with Gasteiger partial charge >= 0.3 is 0 Å². The number of aliphatic hydroxyl groups excluding tert-OH is 1. The number of benzene rings is 1. The van der Waals surface area contributed by atoms with Crippen LogP contribution in [0.15, 0.2) is 47.9 Å². The van der Waals surface area contributed by atoms with Gasteiger partial charge < -0.3 is 14.2 Å². The third-order valence-electron chi connectivity index (χ3n) is 4.12. The molecule has 3 aromatic rings. The van der Waals surface area contributed by atoms with Gasteiger partial charge in [0, 0.05) is 25.0 Å². The van der Waals surface area contributed by atoms with Crippen molar-refractivity contribution in [3.63, 3.8) is 0 Å². The normalized spacial score (nSPS) is 14.2. The molecule has 0 aliphatic heterocycles. The van der Waals surface area contributed by atoms with Gasteiger partial charge in [-0.3, -0.25) is 0 Å². The smallest absolute Gasteiger partial charge is 0.191 e. The largest absolute Gasteiger partial charge is 0.388 e. The van der Waals surface area contributed by atoms with Crippen molar-refractivity contribution < 1.29 is 5.11 Å². The van der Waals surface area contributed by atoms with Crippen LogP contribution in [0.1, 0.15) is 36.1 Å². The molecule has 7 heteroatoms. The lowest BCUT2D eigenvalue weighted by atomic mass is 10.2. The molecular weight excluding hydrogens is 322 g/mol. The molecule has 6 nitrogen and oxygen atoms in total. The molecule has 24 heavy (non-hydrogen) atoms. The lowest BCUT2D eigenvalue weighted by molar-refractivity contribution is 0.263. The summed E-state index contributed by atoms with van der Waals surface area (Å²) in [5.74, 6) is 2.41. The van der Waals surface area contributed by atoms with Gasteiger partial charge in [-0.05, 0) is 18.4 Å². The predicted molar refractivity (Wildman–Crippen MR) is 91.5 cm³/mol. The maximum atomic E-state index is 9.42. The van der Waals surface area contributed by atoms with Gasteiger partial charge in [-0.2, -0.15) is 0 Å². The van der Waals surface area contributed by atoms with Crippen molar-refractivity contribution >= 4 is 11.8 Å². The van der Waals surface area contributed by atoms with Crippen molar-refractivity contribution in [1.29, 1.82) is 0 Å². The van der Waals surface area contributed by atoms with E-state index >= 15 is 0 Å². The zero-order valence-corrected chi connectivity index (χ0v) is 14.1. The fraction of sp³-hybridized carbons (Fsp3) is 0.353.